The molecule has 0 spiro atoms. The van der Waals surface area contributed by atoms with E-state index in [1.54, 1.807) is 46.1 Å². The summed E-state index contributed by atoms with van der Waals surface area (Å²) in [5, 5.41) is 0. The minimum absolute atomic E-state index is 0.0183. The molecule has 0 aliphatic carbocycles. The van der Waals surface area contributed by atoms with E-state index in [2.05, 4.69) is 0 Å². The van der Waals surface area contributed by atoms with Crippen LogP contribution in [0, 0.1) is 0 Å². The number of carbonyl (C=O) groups is 2. The number of benzene rings is 1. The molecular weight excluding hydrogens is 258 g/mol. The monoisotopic (exact) mass is 277 g/mol. The van der Waals surface area contributed by atoms with Gasteiger partial charge < -0.3 is 15.4 Å². The fourth-order valence-corrected chi connectivity index (χ4v) is 2.02. The average molecular weight is 277 g/mol. The van der Waals surface area contributed by atoms with Crippen LogP contribution >= 0.6 is 0 Å². The number of hydrogen-bond donors (Lipinski definition) is 1. The van der Waals surface area contributed by atoms with E-state index in [0.717, 1.165) is 0 Å². The molecule has 1 aliphatic heterocycles. The lowest BCUT2D eigenvalue weighted by Crippen LogP contribution is -2.54. The van der Waals surface area contributed by atoms with Crippen LogP contribution in [0.1, 0.15) is 13.8 Å². The third-order valence-corrected chi connectivity index (χ3v) is 3.19. The number of nitrogen functional groups attached to an aromatic ring is 1. The molecule has 20 heavy (non-hydrogen) atoms. The van der Waals surface area contributed by atoms with E-state index in [0.29, 0.717) is 17.1 Å². The second kappa shape index (κ2) is 4.70. The highest BCUT2D eigenvalue weighted by Crippen LogP contribution is 2.38. The lowest BCUT2D eigenvalue weighted by atomic mass is 10.0. The number of amides is 2. The maximum absolute atomic E-state index is 12.5. The quantitative estimate of drug-likeness (QED) is 0.814. The number of carbonyl (C=O) groups excluding carboxylic acids is 2. The van der Waals surface area contributed by atoms with Crippen molar-refractivity contribution in [3.63, 3.8) is 0 Å². The molecule has 0 saturated carbocycles. The SMILES string of the molecule is CN(C)C(=O)CN1C(=O)C(C)(C)Oc2cc(N)ccc21. The zero-order valence-corrected chi connectivity index (χ0v) is 12.1. The second-order valence-electron chi connectivity index (χ2n) is 5.52. The van der Waals surface area contributed by atoms with Gasteiger partial charge >= 0.3 is 0 Å². The first-order chi connectivity index (χ1) is 9.22. The summed E-state index contributed by atoms with van der Waals surface area (Å²) in [4.78, 5) is 27.3. The fraction of sp³-hybridized carbons (Fsp3) is 0.429. The smallest absolute Gasteiger partial charge is 0.271 e. The molecule has 2 amide bonds. The van der Waals surface area contributed by atoms with Crippen molar-refractivity contribution in [1.29, 1.82) is 0 Å². The number of likely N-dealkylation sites (N-methyl/N-ethyl adjacent to an activating group) is 1. The Labute approximate surface area is 118 Å². The van der Waals surface area contributed by atoms with Crippen LogP contribution in [0.3, 0.4) is 0 Å². The summed E-state index contributed by atoms with van der Waals surface area (Å²) in [6.07, 6.45) is 0. The van der Waals surface area contributed by atoms with Gasteiger partial charge in [0.2, 0.25) is 5.91 Å². The van der Waals surface area contributed by atoms with Gasteiger partial charge in [0.1, 0.15) is 12.3 Å². The third kappa shape index (κ3) is 2.41. The number of hydrogen-bond acceptors (Lipinski definition) is 4. The molecule has 0 atom stereocenters. The molecule has 2 rings (SSSR count). The number of anilines is 2. The Balaban J connectivity index is 2.44. The predicted octanol–water partition coefficient (Wildman–Crippen LogP) is 0.861. The summed E-state index contributed by atoms with van der Waals surface area (Å²) in [7, 11) is 3.31. The van der Waals surface area contributed by atoms with Gasteiger partial charge in [-0.15, -0.1) is 0 Å². The van der Waals surface area contributed by atoms with Crippen molar-refractivity contribution in [2.75, 3.05) is 31.3 Å². The molecular formula is C14H19N3O3. The van der Waals surface area contributed by atoms with Gasteiger partial charge in [-0.05, 0) is 26.0 Å². The molecule has 1 aromatic rings. The van der Waals surface area contributed by atoms with Crippen LogP contribution in [0.15, 0.2) is 18.2 Å². The summed E-state index contributed by atoms with van der Waals surface area (Å²) in [6.45, 7) is 3.33. The van der Waals surface area contributed by atoms with E-state index >= 15 is 0 Å². The van der Waals surface area contributed by atoms with Gasteiger partial charge in [0, 0.05) is 25.8 Å². The highest BCUT2D eigenvalue weighted by molar-refractivity contribution is 6.05. The minimum atomic E-state index is -1.02. The molecule has 0 radical (unpaired) electrons. The second-order valence-corrected chi connectivity index (χ2v) is 5.52. The largest absolute Gasteiger partial charge is 0.476 e. The maximum Gasteiger partial charge on any atom is 0.271 e. The van der Waals surface area contributed by atoms with Crippen molar-refractivity contribution in [3.8, 4) is 5.75 Å². The van der Waals surface area contributed by atoms with Gasteiger partial charge in [-0.1, -0.05) is 0 Å². The van der Waals surface area contributed by atoms with Crippen LogP contribution in [0.5, 0.6) is 5.75 Å². The molecule has 0 unspecified atom stereocenters. The highest BCUT2D eigenvalue weighted by atomic mass is 16.5. The summed E-state index contributed by atoms with van der Waals surface area (Å²) >= 11 is 0. The third-order valence-electron chi connectivity index (χ3n) is 3.19. The molecule has 1 aromatic carbocycles. The first kappa shape index (κ1) is 14.2. The number of rotatable bonds is 2. The lowest BCUT2D eigenvalue weighted by molar-refractivity contribution is -0.135. The number of nitrogens with zero attached hydrogens (tertiary/aromatic N) is 2. The van der Waals surface area contributed by atoms with Crippen molar-refractivity contribution in [2.24, 2.45) is 0 Å². The number of ether oxygens (including phenoxy) is 1. The molecule has 1 aliphatic rings. The van der Waals surface area contributed by atoms with E-state index in [-0.39, 0.29) is 18.4 Å². The van der Waals surface area contributed by atoms with E-state index in [9.17, 15) is 9.59 Å². The zero-order chi connectivity index (χ0) is 15.1. The van der Waals surface area contributed by atoms with Crippen molar-refractivity contribution in [3.05, 3.63) is 18.2 Å². The molecule has 2 N–H and O–H groups in total. The van der Waals surface area contributed by atoms with Gasteiger partial charge in [-0.25, -0.2) is 0 Å². The molecule has 6 heteroatoms. The summed E-state index contributed by atoms with van der Waals surface area (Å²) in [6, 6.07) is 5.04. The summed E-state index contributed by atoms with van der Waals surface area (Å²) < 4.78 is 5.69. The van der Waals surface area contributed by atoms with Gasteiger partial charge in [-0.2, -0.15) is 0 Å². The van der Waals surface area contributed by atoms with Crippen LogP contribution in [-0.2, 0) is 9.59 Å². The topological polar surface area (TPSA) is 75.9 Å². The first-order valence-corrected chi connectivity index (χ1v) is 6.33. The Hall–Kier alpha value is -2.24. The van der Waals surface area contributed by atoms with E-state index in [1.165, 1.54) is 9.80 Å². The summed E-state index contributed by atoms with van der Waals surface area (Å²) in [5.41, 5.74) is 5.84. The lowest BCUT2D eigenvalue weighted by Gasteiger charge is -2.38. The number of nitrogens with two attached hydrogens (primary N) is 1. The number of fused-ring (bicyclic) bond motifs is 1. The normalized spacial score (nSPS) is 16.4. The summed E-state index contributed by atoms with van der Waals surface area (Å²) in [5.74, 6) is 0.116. The van der Waals surface area contributed by atoms with Crippen LogP contribution in [0.2, 0.25) is 0 Å². The van der Waals surface area contributed by atoms with E-state index in [4.69, 9.17) is 10.5 Å². The van der Waals surface area contributed by atoms with Crippen LogP contribution < -0.4 is 15.4 Å². The highest BCUT2D eigenvalue weighted by Gasteiger charge is 2.41. The van der Waals surface area contributed by atoms with Gasteiger partial charge in [-0.3, -0.25) is 14.5 Å². The standard InChI is InChI=1S/C14H19N3O3/c1-14(2)13(19)17(8-12(18)16(3)4)10-6-5-9(15)7-11(10)20-14/h5-7H,8,15H2,1-4H3. The average Bonchev–Trinajstić information content (AvgIpc) is 2.33. The molecule has 0 fully saturated rings. The van der Waals surface area contributed by atoms with E-state index in [1.807, 2.05) is 0 Å². The van der Waals surface area contributed by atoms with Crippen molar-refractivity contribution in [1.82, 2.24) is 4.90 Å². The fourth-order valence-electron chi connectivity index (χ4n) is 2.02. The molecule has 0 saturated heterocycles. The molecule has 0 aromatic heterocycles. The predicted molar refractivity (Wildman–Crippen MR) is 76.6 cm³/mol. The van der Waals surface area contributed by atoms with Crippen molar-refractivity contribution in [2.45, 2.75) is 19.4 Å². The van der Waals surface area contributed by atoms with Crippen LogP contribution in [0.4, 0.5) is 11.4 Å². The van der Waals surface area contributed by atoms with E-state index < -0.39 is 5.60 Å². The Morgan fingerprint density at radius 1 is 1.40 bits per heavy atom. The van der Waals surface area contributed by atoms with Gasteiger partial charge in [0.05, 0.1) is 5.69 Å². The maximum atomic E-state index is 12.5. The van der Waals surface area contributed by atoms with Crippen molar-refractivity contribution < 1.29 is 14.3 Å². The molecule has 1 heterocycles. The van der Waals surface area contributed by atoms with Crippen LogP contribution in [-0.4, -0.2) is 43.0 Å². The van der Waals surface area contributed by atoms with Crippen molar-refractivity contribution >= 4 is 23.2 Å². The Morgan fingerprint density at radius 2 is 2.05 bits per heavy atom. The van der Waals surface area contributed by atoms with Gasteiger partial charge in [0.15, 0.2) is 5.60 Å². The molecule has 108 valence electrons. The first-order valence-electron chi connectivity index (χ1n) is 6.33. The Kier molecular flexibility index (Phi) is 3.33. The Morgan fingerprint density at radius 3 is 2.65 bits per heavy atom. The minimum Gasteiger partial charge on any atom is -0.476 e. The molecule has 6 nitrogen and oxygen atoms in total. The van der Waals surface area contributed by atoms with Gasteiger partial charge in [0.25, 0.3) is 5.91 Å². The molecule has 0 bridgehead atoms. The Bertz CT molecular complexity index is 567. The zero-order valence-electron chi connectivity index (χ0n) is 12.1. The van der Waals surface area contributed by atoms with Crippen LogP contribution in [0.25, 0.3) is 0 Å².